The third-order valence-corrected chi connectivity index (χ3v) is 5.42. The van der Waals surface area contributed by atoms with Gasteiger partial charge in [0, 0.05) is 19.5 Å². The highest BCUT2D eigenvalue weighted by atomic mass is 16.2. The fourth-order valence-corrected chi connectivity index (χ4v) is 3.89. The van der Waals surface area contributed by atoms with Crippen molar-refractivity contribution >= 4 is 22.6 Å². The monoisotopic (exact) mass is 402 g/mol. The van der Waals surface area contributed by atoms with Gasteiger partial charge in [-0.05, 0) is 41.7 Å². The number of hydrogen-bond acceptors (Lipinski definition) is 2. The zero-order valence-electron chi connectivity index (χ0n) is 17.8. The topological polar surface area (TPSA) is 49.4 Å². The zero-order chi connectivity index (χ0) is 21.3. The first-order valence-corrected chi connectivity index (χ1v) is 10.7. The second-order valence-corrected chi connectivity index (χ2v) is 7.46. The first-order valence-electron chi connectivity index (χ1n) is 10.7. The molecule has 0 aromatic heterocycles. The summed E-state index contributed by atoms with van der Waals surface area (Å²) in [6.45, 7) is 4.84. The van der Waals surface area contributed by atoms with E-state index >= 15 is 0 Å². The van der Waals surface area contributed by atoms with Gasteiger partial charge in [-0.25, -0.2) is 0 Å². The lowest BCUT2D eigenvalue weighted by Crippen LogP contribution is -2.49. The number of likely N-dealkylation sites (N-methyl/N-ethyl adjacent to an activating group) is 1. The minimum absolute atomic E-state index is 0.00453. The summed E-state index contributed by atoms with van der Waals surface area (Å²) in [5.74, 6) is -0.0840. The van der Waals surface area contributed by atoms with Gasteiger partial charge in [-0.1, -0.05) is 79.7 Å². The Hall–Kier alpha value is -3.14. The molecule has 0 bridgehead atoms. The fraction of sp³-hybridized carbons (Fsp3) is 0.308. The highest BCUT2D eigenvalue weighted by Crippen LogP contribution is 2.21. The molecule has 3 aromatic rings. The van der Waals surface area contributed by atoms with Gasteiger partial charge >= 0.3 is 0 Å². The average Bonchev–Trinajstić information content (AvgIpc) is 2.78. The van der Waals surface area contributed by atoms with Crippen molar-refractivity contribution in [3.8, 4) is 0 Å². The Balaban J connectivity index is 1.80. The summed E-state index contributed by atoms with van der Waals surface area (Å²) in [5, 5.41) is 5.24. The number of benzene rings is 3. The van der Waals surface area contributed by atoms with Gasteiger partial charge in [0.1, 0.15) is 6.04 Å². The SMILES string of the molecule is CCNC(=O)C(CC)N(Cc1ccccc1)C(=O)CCc1cccc2ccccc12. The van der Waals surface area contributed by atoms with E-state index in [9.17, 15) is 9.59 Å². The molecule has 1 unspecified atom stereocenters. The number of carbonyl (C=O) groups is 2. The normalized spacial score (nSPS) is 11.8. The number of fused-ring (bicyclic) bond motifs is 1. The molecule has 4 heteroatoms. The molecule has 156 valence electrons. The van der Waals surface area contributed by atoms with Gasteiger partial charge in [0.2, 0.25) is 11.8 Å². The Morgan fingerprint density at radius 2 is 1.60 bits per heavy atom. The Morgan fingerprint density at radius 3 is 2.33 bits per heavy atom. The molecule has 4 nitrogen and oxygen atoms in total. The molecule has 0 aliphatic carbocycles. The van der Waals surface area contributed by atoms with Crippen LogP contribution in [0.15, 0.2) is 72.8 Å². The van der Waals surface area contributed by atoms with Crippen molar-refractivity contribution in [3.63, 3.8) is 0 Å². The highest BCUT2D eigenvalue weighted by Gasteiger charge is 2.28. The summed E-state index contributed by atoms with van der Waals surface area (Å²) < 4.78 is 0. The standard InChI is InChI=1S/C26H30N2O2/c1-3-24(26(30)27-4-2)28(19-20-11-6-5-7-12-20)25(29)18-17-22-15-10-14-21-13-8-9-16-23(21)22/h5-16,24H,3-4,17-19H2,1-2H3,(H,27,30). The van der Waals surface area contributed by atoms with Gasteiger partial charge in [0.15, 0.2) is 0 Å². The number of hydrogen-bond donors (Lipinski definition) is 1. The number of amides is 2. The molecule has 0 aliphatic heterocycles. The molecule has 3 rings (SSSR count). The van der Waals surface area contributed by atoms with E-state index in [0.717, 1.165) is 11.1 Å². The molecular formula is C26H30N2O2. The van der Waals surface area contributed by atoms with Crippen LogP contribution in [-0.4, -0.2) is 29.3 Å². The highest BCUT2D eigenvalue weighted by molar-refractivity contribution is 5.89. The van der Waals surface area contributed by atoms with Gasteiger partial charge in [-0.3, -0.25) is 9.59 Å². The Morgan fingerprint density at radius 1 is 0.900 bits per heavy atom. The summed E-state index contributed by atoms with van der Waals surface area (Å²) in [7, 11) is 0. The maximum atomic E-state index is 13.3. The van der Waals surface area contributed by atoms with Crippen LogP contribution in [0.4, 0.5) is 0 Å². The van der Waals surface area contributed by atoms with E-state index in [4.69, 9.17) is 0 Å². The van der Waals surface area contributed by atoms with Crippen molar-refractivity contribution in [2.75, 3.05) is 6.54 Å². The van der Waals surface area contributed by atoms with Crippen molar-refractivity contribution in [1.82, 2.24) is 10.2 Å². The lowest BCUT2D eigenvalue weighted by Gasteiger charge is -2.30. The summed E-state index contributed by atoms with van der Waals surface area (Å²) in [6.07, 6.45) is 1.60. The lowest BCUT2D eigenvalue weighted by atomic mass is 10.00. The quantitative estimate of drug-likeness (QED) is 0.563. The molecule has 0 saturated carbocycles. The second-order valence-electron chi connectivity index (χ2n) is 7.46. The van der Waals surface area contributed by atoms with Crippen LogP contribution in [0, 0.1) is 0 Å². The minimum atomic E-state index is -0.467. The largest absolute Gasteiger partial charge is 0.355 e. The number of nitrogens with zero attached hydrogens (tertiary/aromatic N) is 1. The summed E-state index contributed by atoms with van der Waals surface area (Å²) in [5.41, 5.74) is 2.19. The molecule has 0 radical (unpaired) electrons. The minimum Gasteiger partial charge on any atom is -0.355 e. The van der Waals surface area contributed by atoms with Crippen LogP contribution in [-0.2, 0) is 22.6 Å². The van der Waals surface area contributed by atoms with Crippen molar-refractivity contribution in [3.05, 3.63) is 83.9 Å². The van der Waals surface area contributed by atoms with E-state index in [0.29, 0.717) is 32.4 Å². The summed E-state index contributed by atoms with van der Waals surface area (Å²) in [4.78, 5) is 27.7. The van der Waals surface area contributed by atoms with Crippen LogP contribution in [0.3, 0.4) is 0 Å². The average molecular weight is 403 g/mol. The summed E-state index contributed by atoms with van der Waals surface area (Å²) in [6, 6.07) is 23.8. The Kier molecular flexibility index (Phi) is 7.61. The molecule has 30 heavy (non-hydrogen) atoms. The van der Waals surface area contributed by atoms with Crippen LogP contribution in [0.25, 0.3) is 10.8 Å². The molecule has 0 heterocycles. The van der Waals surface area contributed by atoms with Crippen LogP contribution < -0.4 is 5.32 Å². The van der Waals surface area contributed by atoms with E-state index in [1.807, 2.05) is 62.4 Å². The van der Waals surface area contributed by atoms with Crippen molar-refractivity contribution in [2.24, 2.45) is 0 Å². The third kappa shape index (κ3) is 5.26. The lowest BCUT2D eigenvalue weighted by molar-refractivity contribution is -0.141. The van der Waals surface area contributed by atoms with E-state index in [-0.39, 0.29) is 11.8 Å². The molecule has 3 aromatic carbocycles. The smallest absolute Gasteiger partial charge is 0.242 e. The molecule has 1 atom stereocenters. The Labute approximate surface area is 178 Å². The number of aryl methyl sites for hydroxylation is 1. The van der Waals surface area contributed by atoms with Crippen LogP contribution in [0.5, 0.6) is 0 Å². The number of rotatable bonds is 9. The van der Waals surface area contributed by atoms with E-state index in [1.165, 1.54) is 10.8 Å². The molecule has 0 spiro atoms. The fourth-order valence-electron chi connectivity index (χ4n) is 3.89. The van der Waals surface area contributed by atoms with E-state index in [2.05, 4.69) is 29.6 Å². The van der Waals surface area contributed by atoms with Crippen LogP contribution >= 0.6 is 0 Å². The molecule has 1 N–H and O–H groups in total. The predicted molar refractivity (Wildman–Crippen MR) is 122 cm³/mol. The van der Waals surface area contributed by atoms with Crippen molar-refractivity contribution < 1.29 is 9.59 Å². The van der Waals surface area contributed by atoms with E-state index in [1.54, 1.807) is 4.90 Å². The zero-order valence-corrected chi connectivity index (χ0v) is 17.8. The maximum Gasteiger partial charge on any atom is 0.242 e. The van der Waals surface area contributed by atoms with Crippen molar-refractivity contribution in [2.45, 2.75) is 45.7 Å². The van der Waals surface area contributed by atoms with Gasteiger partial charge in [0.25, 0.3) is 0 Å². The molecule has 0 fully saturated rings. The third-order valence-electron chi connectivity index (χ3n) is 5.42. The summed E-state index contributed by atoms with van der Waals surface area (Å²) >= 11 is 0. The molecule has 2 amide bonds. The van der Waals surface area contributed by atoms with Gasteiger partial charge in [-0.2, -0.15) is 0 Å². The van der Waals surface area contributed by atoms with Gasteiger partial charge < -0.3 is 10.2 Å². The van der Waals surface area contributed by atoms with E-state index < -0.39 is 6.04 Å². The van der Waals surface area contributed by atoms with Gasteiger partial charge in [-0.15, -0.1) is 0 Å². The predicted octanol–water partition coefficient (Wildman–Crippen LogP) is 4.72. The Bertz CT molecular complexity index is 979. The molecule has 0 saturated heterocycles. The second kappa shape index (κ2) is 10.6. The van der Waals surface area contributed by atoms with Crippen LogP contribution in [0.1, 0.15) is 37.8 Å². The van der Waals surface area contributed by atoms with Crippen molar-refractivity contribution in [1.29, 1.82) is 0 Å². The van der Waals surface area contributed by atoms with Crippen LogP contribution in [0.2, 0.25) is 0 Å². The number of nitrogens with one attached hydrogen (secondary N) is 1. The maximum absolute atomic E-state index is 13.3. The van der Waals surface area contributed by atoms with Gasteiger partial charge in [0.05, 0.1) is 0 Å². The molecule has 0 aliphatic rings. The first-order chi connectivity index (χ1) is 14.6. The first kappa shape index (κ1) is 21.6. The number of carbonyl (C=O) groups excluding carboxylic acids is 2. The molecular weight excluding hydrogens is 372 g/mol.